The van der Waals surface area contributed by atoms with Gasteiger partial charge in [-0.3, -0.25) is 19.1 Å². The maximum atomic E-state index is 13.4. The molecule has 7 nitrogen and oxygen atoms in total. The number of aryl methyl sites for hydroxylation is 1. The van der Waals surface area contributed by atoms with E-state index in [1.807, 2.05) is 4.57 Å². The summed E-state index contributed by atoms with van der Waals surface area (Å²) in [5, 5.41) is 4.10. The monoisotopic (exact) mass is 448 g/mol. The van der Waals surface area contributed by atoms with E-state index < -0.39 is 0 Å². The van der Waals surface area contributed by atoms with Crippen LogP contribution in [0.1, 0.15) is 44.1 Å². The zero-order valence-corrected chi connectivity index (χ0v) is 19.3. The molecule has 0 aromatic carbocycles. The first kappa shape index (κ1) is 21.4. The molecule has 1 unspecified atom stereocenters. The first-order valence-electron chi connectivity index (χ1n) is 10.6. The Balaban J connectivity index is 1.57. The number of nitrogens with zero attached hydrogens (tertiary/aromatic N) is 3. The normalized spacial score (nSPS) is 19.1. The predicted octanol–water partition coefficient (Wildman–Crippen LogP) is 3.27. The number of thioether (sulfide) groups is 1. The van der Waals surface area contributed by atoms with Crippen molar-refractivity contribution in [1.29, 1.82) is 0 Å². The molecule has 30 heavy (non-hydrogen) atoms. The largest absolute Gasteiger partial charge is 0.329 e. The zero-order valence-electron chi connectivity index (χ0n) is 17.7. The molecule has 0 bridgehead atoms. The van der Waals surface area contributed by atoms with E-state index in [2.05, 4.69) is 26.1 Å². The summed E-state index contributed by atoms with van der Waals surface area (Å²) in [6, 6.07) is -0.320. The van der Waals surface area contributed by atoms with Crippen LogP contribution in [0, 0.1) is 11.8 Å². The number of imide groups is 1. The molecule has 1 aliphatic heterocycles. The van der Waals surface area contributed by atoms with Crippen LogP contribution in [0.3, 0.4) is 0 Å². The Hall–Kier alpha value is -1.87. The minimum Gasteiger partial charge on any atom is -0.329 e. The van der Waals surface area contributed by atoms with Crippen LogP contribution in [0.4, 0.5) is 4.79 Å². The number of amides is 3. The fraction of sp³-hybridized carbons (Fsp3) is 0.619. The smallest absolute Gasteiger partial charge is 0.324 e. The number of nitrogens with one attached hydrogen (secondary N) is 1. The minimum atomic E-state index is -0.320. The van der Waals surface area contributed by atoms with Crippen molar-refractivity contribution in [2.45, 2.75) is 58.2 Å². The number of aromatic nitrogens is 2. The average molecular weight is 449 g/mol. The van der Waals surface area contributed by atoms with Crippen molar-refractivity contribution < 1.29 is 9.59 Å². The number of carbonyl (C=O) groups excluding carboxylic acids is 2. The third-order valence-corrected chi connectivity index (χ3v) is 7.83. The molecule has 1 fully saturated rings. The molecule has 1 atom stereocenters. The van der Waals surface area contributed by atoms with Crippen molar-refractivity contribution in [2.24, 2.45) is 11.8 Å². The molecule has 3 heterocycles. The Morgan fingerprint density at radius 1 is 1.30 bits per heavy atom. The summed E-state index contributed by atoms with van der Waals surface area (Å²) in [6.45, 7) is 7.59. The van der Waals surface area contributed by atoms with E-state index >= 15 is 0 Å². The molecule has 3 amide bonds. The Labute approximate surface area is 184 Å². The lowest BCUT2D eigenvalue weighted by Crippen LogP contribution is -2.32. The third-order valence-electron chi connectivity index (χ3n) is 5.62. The topological polar surface area (TPSA) is 84.3 Å². The highest BCUT2D eigenvalue weighted by Gasteiger charge is 2.28. The van der Waals surface area contributed by atoms with Crippen LogP contribution < -0.4 is 10.9 Å². The van der Waals surface area contributed by atoms with Gasteiger partial charge in [0, 0.05) is 23.7 Å². The van der Waals surface area contributed by atoms with E-state index in [1.165, 1.54) is 27.1 Å². The van der Waals surface area contributed by atoms with Crippen LogP contribution in [0.15, 0.2) is 9.95 Å². The van der Waals surface area contributed by atoms with Crippen LogP contribution in [-0.2, 0) is 24.2 Å². The van der Waals surface area contributed by atoms with Crippen molar-refractivity contribution in [2.75, 3.05) is 18.8 Å². The van der Waals surface area contributed by atoms with Gasteiger partial charge in [-0.05, 0) is 43.1 Å². The standard InChI is InChI=1S/C21H28N4O3S2/c1-12(2)11-25-19(27)17-14-6-5-13(3)9-15(14)30-18(17)23-21(25)29-8-4-7-24-16(26)10-22-20(24)28/h12-13H,4-11H2,1-3H3,(H,22,28). The second kappa shape index (κ2) is 8.70. The van der Waals surface area contributed by atoms with Crippen molar-refractivity contribution in [1.82, 2.24) is 19.8 Å². The molecule has 2 aromatic rings. The fourth-order valence-corrected chi connectivity index (χ4v) is 6.46. The first-order chi connectivity index (χ1) is 14.3. The van der Waals surface area contributed by atoms with Gasteiger partial charge < -0.3 is 5.32 Å². The average Bonchev–Trinajstić information content (AvgIpc) is 3.20. The predicted molar refractivity (Wildman–Crippen MR) is 120 cm³/mol. The Bertz CT molecular complexity index is 1030. The maximum absolute atomic E-state index is 13.4. The van der Waals surface area contributed by atoms with Gasteiger partial charge in [0.1, 0.15) is 4.83 Å². The van der Waals surface area contributed by atoms with Gasteiger partial charge in [-0.1, -0.05) is 32.5 Å². The fourth-order valence-electron chi connectivity index (χ4n) is 4.11. The highest BCUT2D eigenvalue weighted by Crippen LogP contribution is 2.36. The van der Waals surface area contributed by atoms with E-state index in [9.17, 15) is 14.4 Å². The molecule has 2 aliphatic rings. The molecule has 162 valence electrons. The van der Waals surface area contributed by atoms with Gasteiger partial charge in [-0.15, -0.1) is 11.3 Å². The Morgan fingerprint density at radius 2 is 2.10 bits per heavy atom. The maximum Gasteiger partial charge on any atom is 0.324 e. The van der Waals surface area contributed by atoms with E-state index in [4.69, 9.17) is 4.98 Å². The summed E-state index contributed by atoms with van der Waals surface area (Å²) < 4.78 is 1.83. The molecule has 1 N–H and O–H groups in total. The minimum absolute atomic E-state index is 0.0809. The summed E-state index contributed by atoms with van der Waals surface area (Å²) in [7, 11) is 0. The number of carbonyl (C=O) groups is 2. The lowest BCUT2D eigenvalue weighted by Gasteiger charge is -2.18. The number of rotatable bonds is 7. The number of thiophene rings is 1. The highest BCUT2D eigenvalue weighted by atomic mass is 32.2. The Morgan fingerprint density at radius 3 is 2.80 bits per heavy atom. The van der Waals surface area contributed by atoms with Gasteiger partial charge in [0.15, 0.2) is 5.16 Å². The van der Waals surface area contributed by atoms with Crippen molar-refractivity contribution in [3.05, 3.63) is 20.8 Å². The van der Waals surface area contributed by atoms with Gasteiger partial charge in [-0.2, -0.15) is 0 Å². The van der Waals surface area contributed by atoms with E-state index in [1.54, 1.807) is 11.3 Å². The van der Waals surface area contributed by atoms with E-state index in [0.29, 0.717) is 37.1 Å². The third kappa shape index (κ3) is 4.14. The number of hydrogen-bond acceptors (Lipinski definition) is 6. The molecule has 0 spiro atoms. The number of hydrogen-bond donors (Lipinski definition) is 1. The SMILES string of the molecule is CC(C)Cn1c(SCCCN2C(=O)CNC2=O)nc2sc3c(c2c1=O)CCC(C)C3. The molecule has 4 rings (SSSR count). The van der Waals surface area contributed by atoms with Gasteiger partial charge in [0.25, 0.3) is 5.56 Å². The summed E-state index contributed by atoms with van der Waals surface area (Å²) in [5.41, 5.74) is 1.30. The zero-order chi connectivity index (χ0) is 21.4. The molecular weight excluding hydrogens is 420 g/mol. The second-order valence-corrected chi connectivity index (χ2v) is 10.8. The molecule has 9 heteroatoms. The second-order valence-electron chi connectivity index (χ2n) is 8.64. The summed E-state index contributed by atoms with van der Waals surface area (Å²) >= 11 is 3.22. The van der Waals surface area contributed by atoms with Crippen LogP contribution in [0.25, 0.3) is 10.2 Å². The molecule has 1 aliphatic carbocycles. The molecule has 1 saturated heterocycles. The highest BCUT2D eigenvalue weighted by molar-refractivity contribution is 7.99. The number of fused-ring (bicyclic) bond motifs is 3. The van der Waals surface area contributed by atoms with Crippen LogP contribution in [-0.4, -0.2) is 45.2 Å². The van der Waals surface area contributed by atoms with Gasteiger partial charge in [0.05, 0.1) is 11.9 Å². The molecule has 0 saturated carbocycles. The van der Waals surface area contributed by atoms with Crippen LogP contribution in [0.2, 0.25) is 0 Å². The molecule has 0 radical (unpaired) electrons. The Kier molecular flexibility index (Phi) is 6.20. The van der Waals surface area contributed by atoms with E-state index in [-0.39, 0.29) is 24.0 Å². The quantitative estimate of drug-likeness (QED) is 0.304. The summed E-state index contributed by atoms with van der Waals surface area (Å²) in [6.07, 6.45) is 3.79. The van der Waals surface area contributed by atoms with Gasteiger partial charge in [-0.25, -0.2) is 9.78 Å². The van der Waals surface area contributed by atoms with Crippen molar-refractivity contribution in [3.8, 4) is 0 Å². The lowest BCUT2D eigenvalue weighted by atomic mass is 9.89. The molecular formula is C21H28N4O3S2. The van der Waals surface area contributed by atoms with E-state index in [0.717, 1.165) is 34.6 Å². The molecule has 2 aromatic heterocycles. The van der Waals surface area contributed by atoms with Crippen molar-refractivity contribution in [3.63, 3.8) is 0 Å². The van der Waals surface area contributed by atoms with Gasteiger partial charge in [0.2, 0.25) is 5.91 Å². The number of urea groups is 1. The first-order valence-corrected chi connectivity index (χ1v) is 12.4. The van der Waals surface area contributed by atoms with Gasteiger partial charge >= 0.3 is 6.03 Å². The lowest BCUT2D eigenvalue weighted by molar-refractivity contribution is -0.124. The van der Waals surface area contributed by atoms with Crippen LogP contribution in [0.5, 0.6) is 0 Å². The summed E-state index contributed by atoms with van der Waals surface area (Å²) in [5.74, 6) is 1.50. The van der Waals surface area contributed by atoms with Crippen LogP contribution >= 0.6 is 23.1 Å². The van der Waals surface area contributed by atoms with Crippen molar-refractivity contribution >= 4 is 45.3 Å². The summed E-state index contributed by atoms with van der Waals surface area (Å²) in [4.78, 5) is 45.2.